The molecule has 2 N–H and O–H groups in total. The van der Waals surface area contributed by atoms with Crippen molar-refractivity contribution in [3.63, 3.8) is 0 Å². The number of para-hydroxylation sites is 1. The van der Waals surface area contributed by atoms with Crippen LogP contribution in [0.15, 0.2) is 42.6 Å². The fourth-order valence-electron chi connectivity index (χ4n) is 1.71. The van der Waals surface area contributed by atoms with E-state index < -0.39 is 5.97 Å². The number of fused-ring (bicyclic) bond motifs is 1. The zero-order valence-electron chi connectivity index (χ0n) is 9.75. The number of aromatic amines is 1. The van der Waals surface area contributed by atoms with Crippen molar-refractivity contribution in [2.24, 2.45) is 0 Å². The second-order valence-corrected chi connectivity index (χ2v) is 3.79. The normalized spacial score (nSPS) is 10.9. The maximum atomic E-state index is 11.8. The van der Waals surface area contributed by atoms with Crippen molar-refractivity contribution in [3.8, 4) is 0 Å². The smallest absolute Gasteiger partial charge is 0.328 e. The van der Waals surface area contributed by atoms with E-state index in [1.54, 1.807) is 13.2 Å². The van der Waals surface area contributed by atoms with Crippen molar-refractivity contribution in [1.82, 2.24) is 4.98 Å². The van der Waals surface area contributed by atoms with Crippen LogP contribution in [0.2, 0.25) is 0 Å². The number of nitrogens with one attached hydrogen (secondary N) is 1. The molecule has 0 bridgehead atoms. The third-order valence-electron chi connectivity index (χ3n) is 2.63. The minimum absolute atomic E-state index is 0.387. The Morgan fingerprint density at radius 3 is 2.72 bits per heavy atom. The number of H-pyrrole nitrogens is 1. The van der Waals surface area contributed by atoms with Crippen LogP contribution in [0.4, 0.5) is 5.69 Å². The van der Waals surface area contributed by atoms with E-state index in [-0.39, 0.29) is 5.91 Å². The fraction of sp³-hybridized carbons (Fsp3) is 0.0769. The SMILES string of the molecule is CN(C(=O)/C=C/C(=O)O)c1c[nH]c2ccccc12. The molecule has 1 aromatic carbocycles. The first-order chi connectivity index (χ1) is 8.59. The quantitative estimate of drug-likeness (QED) is 0.808. The van der Waals surface area contributed by atoms with Crippen LogP contribution < -0.4 is 4.90 Å². The average molecular weight is 244 g/mol. The fourth-order valence-corrected chi connectivity index (χ4v) is 1.71. The van der Waals surface area contributed by atoms with E-state index in [9.17, 15) is 9.59 Å². The Morgan fingerprint density at radius 1 is 1.28 bits per heavy atom. The van der Waals surface area contributed by atoms with E-state index in [4.69, 9.17) is 5.11 Å². The van der Waals surface area contributed by atoms with Crippen LogP contribution in [0.3, 0.4) is 0 Å². The van der Waals surface area contributed by atoms with E-state index >= 15 is 0 Å². The molecule has 5 nitrogen and oxygen atoms in total. The molecule has 1 aromatic heterocycles. The van der Waals surface area contributed by atoms with Crippen LogP contribution in [0.1, 0.15) is 0 Å². The molecule has 0 fully saturated rings. The van der Waals surface area contributed by atoms with Gasteiger partial charge in [0.05, 0.1) is 5.69 Å². The third-order valence-corrected chi connectivity index (χ3v) is 2.63. The lowest BCUT2D eigenvalue weighted by molar-refractivity contribution is -0.131. The second-order valence-electron chi connectivity index (χ2n) is 3.79. The molecular formula is C13H12N2O3. The van der Waals surface area contributed by atoms with Crippen LogP contribution in [0.5, 0.6) is 0 Å². The first kappa shape index (κ1) is 11.9. The summed E-state index contributed by atoms with van der Waals surface area (Å²) in [6.07, 6.45) is 3.58. The monoisotopic (exact) mass is 244 g/mol. The molecule has 0 saturated heterocycles. The van der Waals surface area contributed by atoms with Gasteiger partial charge in [-0.15, -0.1) is 0 Å². The Labute approximate surface area is 103 Å². The predicted octanol–water partition coefficient (Wildman–Crippen LogP) is 1.77. The van der Waals surface area contributed by atoms with Gasteiger partial charge in [0.2, 0.25) is 0 Å². The topological polar surface area (TPSA) is 73.4 Å². The van der Waals surface area contributed by atoms with E-state index in [2.05, 4.69) is 4.98 Å². The summed E-state index contributed by atoms with van der Waals surface area (Å²) in [6.45, 7) is 0. The molecule has 2 rings (SSSR count). The van der Waals surface area contributed by atoms with Gasteiger partial charge in [-0.05, 0) is 6.07 Å². The van der Waals surface area contributed by atoms with Gasteiger partial charge in [0.15, 0.2) is 0 Å². The van der Waals surface area contributed by atoms with Gasteiger partial charge in [-0.25, -0.2) is 4.79 Å². The molecule has 0 atom stereocenters. The molecule has 5 heteroatoms. The highest BCUT2D eigenvalue weighted by atomic mass is 16.4. The molecule has 2 aromatic rings. The molecule has 0 aliphatic heterocycles. The molecule has 1 amide bonds. The van der Waals surface area contributed by atoms with Gasteiger partial charge in [0, 0.05) is 36.3 Å². The van der Waals surface area contributed by atoms with Gasteiger partial charge >= 0.3 is 5.97 Å². The number of hydrogen-bond acceptors (Lipinski definition) is 2. The van der Waals surface area contributed by atoms with Crippen molar-refractivity contribution in [2.75, 3.05) is 11.9 Å². The van der Waals surface area contributed by atoms with Crippen molar-refractivity contribution in [3.05, 3.63) is 42.6 Å². The Balaban J connectivity index is 2.31. The molecule has 92 valence electrons. The lowest BCUT2D eigenvalue weighted by Gasteiger charge is -2.13. The molecule has 0 aliphatic rings. The molecule has 0 unspecified atom stereocenters. The van der Waals surface area contributed by atoms with Crippen LogP contribution >= 0.6 is 0 Å². The zero-order chi connectivity index (χ0) is 13.1. The molecule has 0 saturated carbocycles. The van der Waals surface area contributed by atoms with Crippen LogP contribution in [-0.4, -0.2) is 29.0 Å². The first-order valence-electron chi connectivity index (χ1n) is 5.34. The Hall–Kier alpha value is -2.56. The van der Waals surface area contributed by atoms with E-state index in [0.29, 0.717) is 5.69 Å². The highest BCUT2D eigenvalue weighted by molar-refractivity contribution is 6.08. The van der Waals surface area contributed by atoms with E-state index in [1.165, 1.54) is 4.90 Å². The maximum Gasteiger partial charge on any atom is 0.328 e. The number of carbonyl (C=O) groups excluding carboxylic acids is 1. The van der Waals surface area contributed by atoms with Gasteiger partial charge < -0.3 is 15.0 Å². The van der Waals surface area contributed by atoms with E-state index in [0.717, 1.165) is 23.1 Å². The Kier molecular flexibility index (Phi) is 3.14. The summed E-state index contributed by atoms with van der Waals surface area (Å²) < 4.78 is 0. The molecule has 18 heavy (non-hydrogen) atoms. The number of aliphatic carboxylic acids is 1. The van der Waals surface area contributed by atoms with E-state index in [1.807, 2.05) is 24.3 Å². The number of nitrogens with zero attached hydrogens (tertiary/aromatic N) is 1. The average Bonchev–Trinajstić information content (AvgIpc) is 2.78. The third kappa shape index (κ3) is 2.24. The predicted molar refractivity (Wildman–Crippen MR) is 68.5 cm³/mol. The Bertz CT molecular complexity index is 628. The standard InChI is InChI=1S/C13H12N2O3/c1-15(12(16)6-7-13(17)18)11-8-14-10-5-3-2-4-9(10)11/h2-8,14H,1H3,(H,17,18)/b7-6+. The number of amides is 1. The summed E-state index contributed by atoms with van der Waals surface area (Å²) in [6, 6.07) is 7.58. The van der Waals surface area contributed by atoms with Crippen LogP contribution in [0.25, 0.3) is 10.9 Å². The lowest BCUT2D eigenvalue weighted by Crippen LogP contribution is -2.23. The summed E-state index contributed by atoms with van der Waals surface area (Å²) in [5.41, 5.74) is 1.64. The number of carbonyl (C=O) groups is 2. The van der Waals surface area contributed by atoms with Crippen molar-refractivity contribution >= 4 is 28.5 Å². The number of anilines is 1. The van der Waals surface area contributed by atoms with Crippen LogP contribution in [0, 0.1) is 0 Å². The van der Waals surface area contributed by atoms with Gasteiger partial charge in [0.1, 0.15) is 0 Å². The summed E-state index contributed by atoms with van der Waals surface area (Å²) in [5.74, 6) is -1.53. The molecular weight excluding hydrogens is 232 g/mol. The van der Waals surface area contributed by atoms with Gasteiger partial charge in [-0.2, -0.15) is 0 Å². The number of likely N-dealkylation sites (N-methyl/N-ethyl adjacent to an activating group) is 1. The molecule has 0 aliphatic carbocycles. The minimum Gasteiger partial charge on any atom is -0.478 e. The summed E-state index contributed by atoms with van der Waals surface area (Å²) in [4.78, 5) is 26.6. The molecule has 0 radical (unpaired) electrons. The Morgan fingerprint density at radius 2 is 2.00 bits per heavy atom. The van der Waals surface area contributed by atoms with Crippen molar-refractivity contribution in [2.45, 2.75) is 0 Å². The minimum atomic E-state index is -1.14. The van der Waals surface area contributed by atoms with Gasteiger partial charge in [0.25, 0.3) is 5.91 Å². The van der Waals surface area contributed by atoms with Crippen molar-refractivity contribution in [1.29, 1.82) is 0 Å². The number of aromatic nitrogens is 1. The summed E-state index contributed by atoms with van der Waals surface area (Å²) in [7, 11) is 1.60. The van der Waals surface area contributed by atoms with Crippen LogP contribution in [-0.2, 0) is 9.59 Å². The number of benzene rings is 1. The number of rotatable bonds is 3. The first-order valence-corrected chi connectivity index (χ1v) is 5.34. The second kappa shape index (κ2) is 4.75. The number of carboxylic acids is 1. The number of hydrogen-bond donors (Lipinski definition) is 2. The van der Waals surface area contributed by atoms with Crippen molar-refractivity contribution < 1.29 is 14.7 Å². The lowest BCUT2D eigenvalue weighted by atomic mass is 10.2. The maximum absolute atomic E-state index is 11.8. The van der Waals surface area contributed by atoms with Gasteiger partial charge in [-0.1, -0.05) is 18.2 Å². The highest BCUT2D eigenvalue weighted by Crippen LogP contribution is 2.25. The number of carboxylic acid groups (broad SMARTS) is 1. The van der Waals surface area contributed by atoms with Gasteiger partial charge in [-0.3, -0.25) is 4.79 Å². The highest BCUT2D eigenvalue weighted by Gasteiger charge is 2.12. The summed E-state index contributed by atoms with van der Waals surface area (Å²) >= 11 is 0. The molecule has 0 spiro atoms. The summed E-state index contributed by atoms with van der Waals surface area (Å²) in [5, 5.41) is 9.40. The zero-order valence-corrected chi connectivity index (χ0v) is 9.75. The molecule has 1 heterocycles. The largest absolute Gasteiger partial charge is 0.478 e.